The van der Waals surface area contributed by atoms with E-state index in [1.165, 1.54) is 11.4 Å². The fraction of sp³-hybridized carbons (Fsp3) is 0.667. The maximum Gasteiger partial charge on any atom is 0.165 e. The van der Waals surface area contributed by atoms with E-state index < -0.39 is 0 Å². The van der Waals surface area contributed by atoms with E-state index in [0.717, 1.165) is 18.4 Å². The number of rotatable bonds is 4. The van der Waals surface area contributed by atoms with Crippen LogP contribution in [0.25, 0.3) is 0 Å². The van der Waals surface area contributed by atoms with Crippen molar-refractivity contribution in [2.24, 2.45) is 5.41 Å². The van der Waals surface area contributed by atoms with Crippen LogP contribution in [0.1, 0.15) is 55.7 Å². The average Bonchev–Trinajstić information content (AvgIpc) is 2.68. The first-order valence-corrected chi connectivity index (χ1v) is 8.06. The van der Waals surface area contributed by atoms with E-state index in [1.54, 1.807) is 0 Å². The highest BCUT2D eigenvalue weighted by Gasteiger charge is 2.33. The van der Waals surface area contributed by atoms with Gasteiger partial charge in [-0.15, -0.1) is 0 Å². The normalized spacial score (nSPS) is 19.7. The van der Waals surface area contributed by atoms with Crippen LogP contribution in [0.3, 0.4) is 0 Å². The van der Waals surface area contributed by atoms with E-state index in [9.17, 15) is 4.79 Å². The Kier molecular flexibility index (Phi) is 3.90. The molecule has 100 valence electrons. The van der Waals surface area contributed by atoms with Crippen molar-refractivity contribution in [1.82, 2.24) is 4.57 Å². The van der Waals surface area contributed by atoms with Gasteiger partial charge in [-0.1, -0.05) is 13.8 Å². The van der Waals surface area contributed by atoms with Crippen molar-refractivity contribution in [3.63, 3.8) is 0 Å². The van der Waals surface area contributed by atoms with Crippen LogP contribution in [-0.4, -0.2) is 22.4 Å². The van der Waals surface area contributed by atoms with E-state index >= 15 is 0 Å². The fourth-order valence-corrected chi connectivity index (χ4v) is 3.38. The van der Waals surface area contributed by atoms with Gasteiger partial charge < -0.3 is 4.57 Å². The molecule has 18 heavy (non-hydrogen) atoms. The number of nitrogens with zero attached hydrogens (tertiary/aromatic N) is 1. The van der Waals surface area contributed by atoms with Crippen molar-refractivity contribution >= 4 is 17.5 Å². The van der Waals surface area contributed by atoms with Gasteiger partial charge in [0, 0.05) is 29.9 Å². The molecule has 1 atom stereocenters. The van der Waals surface area contributed by atoms with Gasteiger partial charge in [0.1, 0.15) is 0 Å². The molecule has 1 unspecified atom stereocenters. The van der Waals surface area contributed by atoms with E-state index in [0.29, 0.717) is 18.2 Å². The minimum Gasteiger partial charge on any atom is -0.348 e. The predicted octanol–water partition coefficient (Wildman–Crippen LogP) is 3.96. The number of Topliss-reactive ketones (excluding diaryl/α,β-unsaturated/α-hetero) is 1. The van der Waals surface area contributed by atoms with Gasteiger partial charge in [-0.25, -0.2) is 0 Å². The average molecular weight is 265 g/mol. The van der Waals surface area contributed by atoms with Crippen molar-refractivity contribution < 1.29 is 4.79 Å². The molecule has 0 aliphatic heterocycles. The van der Waals surface area contributed by atoms with Gasteiger partial charge >= 0.3 is 0 Å². The second-order valence-corrected chi connectivity index (χ2v) is 7.14. The molecular formula is C15H23NOS. The lowest BCUT2D eigenvalue weighted by atomic mass is 9.76. The minimum atomic E-state index is 0.111. The topological polar surface area (TPSA) is 22.0 Å². The highest BCUT2D eigenvalue weighted by Crippen LogP contribution is 2.36. The maximum atomic E-state index is 12.1. The number of hydrogen-bond acceptors (Lipinski definition) is 2. The van der Waals surface area contributed by atoms with Crippen molar-refractivity contribution in [2.75, 3.05) is 12.0 Å². The first kappa shape index (κ1) is 13.7. The largest absolute Gasteiger partial charge is 0.348 e. The molecule has 1 aliphatic rings. The molecule has 0 radical (unpaired) electrons. The van der Waals surface area contributed by atoms with Crippen molar-refractivity contribution in [2.45, 2.75) is 46.1 Å². The lowest BCUT2D eigenvalue weighted by Crippen LogP contribution is -2.28. The standard InChI is InChI=1S/C15H23NOS/c1-11(6-8-18-4)16-7-5-12-13(16)9-15(2,3)10-14(12)17/h5,7,11H,6,8-10H2,1-4H3. The van der Waals surface area contributed by atoms with Crippen LogP contribution >= 0.6 is 11.8 Å². The molecule has 0 bridgehead atoms. The quantitative estimate of drug-likeness (QED) is 0.822. The minimum absolute atomic E-state index is 0.111. The molecule has 3 heteroatoms. The summed E-state index contributed by atoms with van der Waals surface area (Å²) in [6.45, 7) is 6.64. The Hall–Kier alpha value is -0.700. The Morgan fingerprint density at radius 1 is 1.44 bits per heavy atom. The Balaban J connectivity index is 2.28. The Morgan fingerprint density at radius 3 is 2.83 bits per heavy atom. The highest BCUT2D eigenvalue weighted by atomic mass is 32.2. The van der Waals surface area contributed by atoms with Crippen LogP contribution in [0.15, 0.2) is 12.3 Å². The zero-order valence-electron chi connectivity index (χ0n) is 11.8. The predicted molar refractivity (Wildman–Crippen MR) is 78.6 cm³/mol. The summed E-state index contributed by atoms with van der Waals surface area (Å²) >= 11 is 1.88. The molecule has 0 fully saturated rings. The maximum absolute atomic E-state index is 12.1. The lowest BCUT2D eigenvalue weighted by Gasteiger charge is -2.31. The molecule has 0 spiro atoms. The highest BCUT2D eigenvalue weighted by molar-refractivity contribution is 7.98. The molecule has 1 aliphatic carbocycles. The number of fused-ring (bicyclic) bond motifs is 1. The first-order valence-electron chi connectivity index (χ1n) is 6.66. The van der Waals surface area contributed by atoms with E-state index in [-0.39, 0.29) is 5.41 Å². The van der Waals surface area contributed by atoms with Gasteiger partial charge in [0.15, 0.2) is 5.78 Å². The molecule has 2 rings (SSSR count). The van der Waals surface area contributed by atoms with Crippen LogP contribution in [0.5, 0.6) is 0 Å². The summed E-state index contributed by atoms with van der Waals surface area (Å²) in [5.74, 6) is 1.49. The Bertz CT molecular complexity index is 447. The Labute approximate surface area is 114 Å². The number of hydrogen-bond donors (Lipinski definition) is 0. The van der Waals surface area contributed by atoms with Crippen LogP contribution in [-0.2, 0) is 6.42 Å². The molecule has 1 aromatic heterocycles. The van der Waals surface area contributed by atoms with Crippen molar-refractivity contribution in [3.8, 4) is 0 Å². The third kappa shape index (κ3) is 2.66. The molecule has 2 nitrogen and oxygen atoms in total. The number of carbonyl (C=O) groups excluding carboxylic acids is 1. The zero-order valence-corrected chi connectivity index (χ0v) is 12.6. The summed E-state index contributed by atoms with van der Waals surface area (Å²) in [7, 11) is 0. The van der Waals surface area contributed by atoms with Gasteiger partial charge in [-0.2, -0.15) is 11.8 Å². The van der Waals surface area contributed by atoms with Gasteiger partial charge in [-0.3, -0.25) is 4.79 Å². The van der Waals surface area contributed by atoms with E-state index in [4.69, 9.17) is 0 Å². The summed E-state index contributed by atoms with van der Waals surface area (Å²) in [5.41, 5.74) is 2.33. The third-order valence-electron chi connectivity index (χ3n) is 3.82. The second kappa shape index (κ2) is 5.12. The van der Waals surface area contributed by atoms with Gasteiger partial charge in [0.2, 0.25) is 0 Å². The molecular weight excluding hydrogens is 242 g/mol. The van der Waals surface area contributed by atoms with Crippen molar-refractivity contribution in [1.29, 1.82) is 0 Å². The van der Waals surface area contributed by atoms with Gasteiger partial charge in [-0.05, 0) is 43.3 Å². The number of thioether (sulfide) groups is 1. The first-order chi connectivity index (χ1) is 8.44. The zero-order chi connectivity index (χ0) is 13.3. The molecule has 1 heterocycles. The lowest BCUT2D eigenvalue weighted by molar-refractivity contribution is 0.0909. The summed E-state index contributed by atoms with van der Waals surface area (Å²) in [6, 6.07) is 2.51. The molecule has 1 aromatic rings. The van der Waals surface area contributed by atoms with E-state index in [2.05, 4.69) is 37.8 Å². The van der Waals surface area contributed by atoms with Crippen LogP contribution in [0.4, 0.5) is 0 Å². The fourth-order valence-electron chi connectivity index (χ4n) is 2.81. The monoisotopic (exact) mass is 265 g/mol. The van der Waals surface area contributed by atoms with E-state index in [1.807, 2.05) is 17.8 Å². The van der Waals surface area contributed by atoms with Crippen LogP contribution in [0.2, 0.25) is 0 Å². The van der Waals surface area contributed by atoms with Crippen LogP contribution in [0, 0.1) is 5.41 Å². The third-order valence-corrected chi connectivity index (χ3v) is 4.47. The SMILES string of the molecule is CSCCC(C)n1ccc2c1CC(C)(C)CC2=O. The van der Waals surface area contributed by atoms with Crippen LogP contribution < -0.4 is 0 Å². The molecule has 0 aromatic carbocycles. The van der Waals surface area contributed by atoms with Gasteiger partial charge in [0.05, 0.1) is 0 Å². The summed E-state index contributed by atoms with van der Waals surface area (Å²) in [4.78, 5) is 12.1. The molecule has 0 saturated heterocycles. The summed E-state index contributed by atoms with van der Waals surface area (Å²) < 4.78 is 2.32. The van der Waals surface area contributed by atoms with Crippen molar-refractivity contribution in [3.05, 3.63) is 23.5 Å². The number of aromatic nitrogens is 1. The number of carbonyl (C=O) groups is 1. The molecule has 0 N–H and O–H groups in total. The molecule has 0 saturated carbocycles. The second-order valence-electron chi connectivity index (χ2n) is 6.15. The smallest absolute Gasteiger partial charge is 0.165 e. The summed E-state index contributed by atoms with van der Waals surface area (Å²) in [5, 5.41) is 0. The molecule has 0 amide bonds. The van der Waals surface area contributed by atoms with Gasteiger partial charge in [0.25, 0.3) is 0 Å². The summed E-state index contributed by atoms with van der Waals surface area (Å²) in [6.07, 6.45) is 7.12. The Morgan fingerprint density at radius 2 is 2.17 bits per heavy atom. The number of ketones is 1.